The van der Waals surface area contributed by atoms with Crippen LogP contribution in [0.3, 0.4) is 0 Å². The SMILES string of the molecule is Cc1cccc(CSCC(=O)N(Cc2c(Cl)cccc2Cl)C(Cc2ccccc2)C(=O)NC(C)(C)C)c1. The van der Waals surface area contributed by atoms with Gasteiger partial charge in [0.25, 0.3) is 0 Å². The van der Waals surface area contributed by atoms with E-state index in [1.807, 2.05) is 57.2 Å². The summed E-state index contributed by atoms with van der Waals surface area (Å²) in [6, 6.07) is 22.5. The third-order valence-electron chi connectivity index (χ3n) is 5.74. The maximum Gasteiger partial charge on any atom is 0.243 e. The van der Waals surface area contributed by atoms with Gasteiger partial charge in [0.2, 0.25) is 11.8 Å². The zero-order valence-corrected chi connectivity index (χ0v) is 24.1. The number of amides is 2. The molecule has 0 aliphatic rings. The van der Waals surface area contributed by atoms with Crippen LogP contribution in [0, 0.1) is 6.92 Å². The van der Waals surface area contributed by atoms with Crippen LogP contribution in [0.5, 0.6) is 0 Å². The number of hydrogen-bond acceptors (Lipinski definition) is 3. The van der Waals surface area contributed by atoms with E-state index < -0.39 is 11.6 Å². The van der Waals surface area contributed by atoms with Gasteiger partial charge in [0.15, 0.2) is 0 Å². The van der Waals surface area contributed by atoms with Gasteiger partial charge in [-0.1, -0.05) is 89.4 Å². The quantitative estimate of drug-likeness (QED) is 0.290. The Bertz CT molecular complexity index is 1190. The average molecular weight is 558 g/mol. The monoisotopic (exact) mass is 556 g/mol. The number of carbonyl (C=O) groups excluding carboxylic acids is 2. The zero-order chi connectivity index (χ0) is 27.0. The highest BCUT2D eigenvalue weighted by molar-refractivity contribution is 7.99. The highest BCUT2D eigenvalue weighted by atomic mass is 35.5. The molecule has 0 aromatic heterocycles. The Kier molecular flexibility index (Phi) is 10.5. The summed E-state index contributed by atoms with van der Waals surface area (Å²) in [5, 5.41) is 4.00. The van der Waals surface area contributed by atoms with Crippen molar-refractivity contribution in [2.75, 3.05) is 5.75 Å². The van der Waals surface area contributed by atoms with E-state index in [1.165, 1.54) is 17.3 Å². The van der Waals surface area contributed by atoms with E-state index in [0.29, 0.717) is 27.8 Å². The Morgan fingerprint density at radius 1 is 0.919 bits per heavy atom. The number of carbonyl (C=O) groups is 2. The van der Waals surface area contributed by atoms with Gasteiger partial charge in [-0.05, 0) is 51.0 Å². The van der Waals surface area contributed by atoms with Gasteiger partial charge in [-0.3, -0.25) is 9.59 Å². The third-order valence-corrected chi connectivity index (χ3v) is 7.43. The summed E-state index contributed by atoms with van der Waals surface area (Å²) >= 11 is 14.5. The maximum atomic E-state index is 13.8. The second-order valence-electron chi connectivity index (χ2n) is 10.1. The Labute approximate surface area is 234 Å². The molecule has 0 aliphatic heterocycles. The van der Waals surface area contributed by atoms with E-state index in [4.69, 9.17) is 23.2 Å². The van der Waals surface area contributed by atoms with Gasteiger partial charge in [-0.15, -0.1) is 11.8 Å². The molecule has 7 heteroatoms. The standard InChI is InChI=1S/C30H34Cl2N2O2S/c1-21-10-8-13-23(16-21)19-37-20-28(35)34(18-24-25(31)14-9-15-26(24)32)27(29(36)33-30(2,3)4)17-22-11-6-5-7-12-22/h5-16,27H,17-20H2,1-4H3,(H,33,36). The molecule has 196 valence electrons. The van der Waals surface area contributed by atoms with Crippen molar-refractivity contribution in [3.63, 3.8) is 0 Å². The van der Waals surface area contributed by atoms with E-state index in [-0.39, 0.29) is 24.1 Å². The molecule has 0 aliphatic carbocycles. The molecule has 0 fully saturated rings. The fourth-order valence-corrected chi connectivity index (χ4v) is 5.38. The highest BCUT2D eigenvalue weighted by Gasteiger charge is 2.32. The van der Waals surface area contributed by atoms with Gasteiger partial charge < -0.3 is 10.2 Å². The summed E-state index contributed by atoms with van der Waals surface area (Å²) in [7, 11) is 0. The molecule has 0 spiro atoms. The first-order valence-electron chi connectivity index (χ1n) is 12.2. The Morgan fingerprint density at radius 2 is 1.54 bits per heavy atom. The second kappa shape index (κ2) is 13.4. The van der Waals surface area contributed by atoms with E-state index in [1.54, 1.807) is 23.1 Å². The molecule has 1 unspecified atom stereocenters. The number of hydrogen-bond donors (Lipinski definition) is 1. The van der Waals surface area contributed by atoms with Gasteiger partial charge in [-0.25, -0.2) is 0 Å². The Hall–Kier alpha value is -2.47. The molecule has 4 nitrogen and oxygen atoms in total. The lowest BCUT2D eigenvalue weighted by Crippen LogP contribution is -2.54. The molecule has 3 aromatic rings. The van der Waals surface area contributed by atoms with Crippen molar-refractivity contribution in [1.82, 2.24) is 10.2 Å². The first-order chi connectivity index (χ1) is 17.5. The predicted octanol–water partition coefficient (Wildman–Crippen LogP) is 7.09. The van der Waals surface area contributed by atoms with Crippen molar-refractivity contribution in [3.05, 3.63) is 105 Å². The number of nitrogens with zero attached hydrogens (tertiary/aromatic N) is 1. The van der Waals surface area contributed by atoms with Crippen molar-refractivity contribution < 1.29 is 9.59 Å². The molecule has 0 radical (unpaired) electrons. The number of rotatable bonds is 10. The highest BCUT2D eigenvalue weighted by Crippen LogP contribution is 2.28. The fraction of sp³-hybridized carbons (Fsp3) is 0.333. The summed E-state index contributed by atoms with van der Waals surface area (Å²) in [5.74, 6) is 0.575. The summed E-state index contributed by atoms with van der Waals surface area (Å²) in [6.45, 7) is 7.98. The smallest absolute Gasteiger partial charge is 0.243 e. The first-order valence-corrected chi connectivity index (χ1v) is 14.2. The van der Waals surface area contributed by atoms with Gasteiger partial charge in [0.1, 0.15) is 6.04 Å². The summed E-state index contributed by atoms with van der Waals surface area (Å²) in [6.07, 6.45) is 0.374. The maximum absolute atomic E-state index is 13.8. The van der Waals surface area contributed by atoms with Crippen molar-refractivity contribution in [2.24, 2.45) is 0 Å². The van der Waals surface area contributed by atoms with Crippen LogP contribution in [-0.4, -0.2) is 34.0 Å². The summed E-state index contributed by atoms with van der Waals surface area (Å²) in [5.41, 5.74) is 3.48. The van der Waals surface area contributed by atoms with Gasteiger partial charge in [0.05, 0.1) is 5.75 Å². The predicted molar refractivity (Wildman–Crippen MR) is 156 cm³/mol. The minimum atomic E-state index is -0.735. The number of aryl methyl sites for hydroxylation is 1. The van der Waals surface area contributed by atoms with Crippen LogP contribution in [0.15, 0.2) is 72.8 Å². The minimum absolute atomic E-state index is 0.136. The third kappa shape index (κ3) is 9.10. The largest absolute Gasteiger partial charge is 0.350 e. The molecule has 1 atom stereocenters. The van der Waals surface area contributed by atoms with Gasteiger partial charge >= 0.3 is 0 Å². The Balaban J connectivity index is 1.92. The molecule has 1 N–H and O–H groups in total. The van der Waals surface area contributed by atoms with E-state index in [0.717, 1.165) is 11.1 Å². The molecule has 37 heavy (non-hydrogen) atoms. The lowest BCUT2D eigenvalue weighted by molar-refractivity contribution is -0.140. The van der Waals surface area contributed by atoms with Crippen LogP contribution in [0.1, 0.15) is 43.0 Å². The lowest BCUT2D eigenvalue weighted by Gasteiger charge is -2.34. The zero-order valence-electron chi connectivity index (χ0n) is 21.8. The number of nitrogens with one attached hydrogen (secondary N) is 1. The molecule has 3 rings (SSSR count). The van der Waals surface area contributed by atoms with Crippen LogP contribution in [-0.2, 0) is 28.3 Å². The van der Waals surface area contributed by atoms with Crippen molar-refractivity contribution in [3.8, 4) is 0 Å². The van der Waals surface area contributed by atoms with Crippen LogP contribution >= 0.6 is 35.0 Å². The van der Waals surface area contributed by atoms with E-state index in [2.05, 4.69) is 30.4 Å². The molecule has 0 heterocycles. The fourth-order valence-electron chi connectivity index (χ4n) is 4.00. The molecule has 0 saturated carbocycles. The van der Waals surface area contributed by atoms with E-state index >= 15 is 0 Å². The summed E-state index contributed by atoms with van der Waals surface area (Å²) in [4.78, 5) is 29.0. The number of thioether (sulfide) groups is 1. The topological polar surface area (TPSA) is 49.4 Å². The first kappa shape index (κ1) is 29.1. The Morgan fingerprint density at radius 3 is 2.16 bits per heavy atom. The molecule has 3 aromatic carbocycles. The molecule has 2 amide bonds. The molecular formula is C30H34Cl2N2O2S. The summed E-state index contributed by atoms with van der Waals surface area (Å²) < 4.78 is 0. The minimum Gasteiger partial charge on any atom is -0.350 e. The second-order valence-corrected chi connectivity index (χ2v) is 11.9. The average Bonchev–Trinajstić information content (AvgIpc) is 2.82. The van der Waals surface area contributed by atoms with Crippen LogP contribution in [0.25, 0.3) is 0 Å². The molecular weight excluding hydrogens is 523 g/mol. The van der Waals surface area contributed by atoms with Gasteiger partial charge in [-0.2, -0.15) is 0 Å². The molecule has 0 saturated heterocycles. The van der Waals surface area contributed by atoms with Crippen molar-refractivity contribution in [1.29, 1.82) is 0 Å². The normalized spacial score (nSPS) is 12.2. The van der Waals surface area contributed by atoms with Crippen LogP contribution < -0.4 is 5.32 Å². The van der Waals surface area contributed by atoms with E-state index in [9.17, 15) is 9.59 Å². The number of halogens is 2. The van der Waals surface area contributed by atoms with Crippen molar-refractivity contribution >= 4 is 46.8 Å². The lowest BCUT2D eigenvalue weighted by atomic mass is 10.0. The van der Waals surface area contributed by atoms with Crippen LogP contribution in [0.4, 0.5) is 0 Å². The van der Waals surface area contributed by atoms with Crippen LogP contribution in [0.2, 0.25) is 10.0 Å². The van der Waals surface area contributed by atoms with Gasteiger partial charge in [0, 0.05) is 39.9 Å². The number of benzene rings is 3. The molecule has 0 bridgehead atoms. The van der Waals surface area contributed by atoms with Crippen molar-refractivity contribution in [2.45, 2.75) is 58.0 Å².